The number of hydrogen-bond donors (Lipinski definition) is 1. The number of fused-ring (bicyclic) bond motifs is 1. The second-order valence-corrected chi connectivity index (χ2v) is 6.06. The summed E-state index contributed by atoms with van der Waals surface area (Å²) in [5.41, 5.74) is 8.93. The topological polar surface area (TPSA) is 35.2 Å². The average molecular weight is 254 g/mol. The number of halogens is 1. The molecule has 0 amide bonds. The van der Waals surface area contributed by atoms with Gasteiger partial charge in [0.2, 0.25) is 0 Å². The fourth-order valence-corrected chi connectivity index (χ4v) is 2.93. The highest BCUT2D eigenvalue weighted by molar-refractivity contribution is 6.31. The van der Waals surface area contributed by atoms with Crippen LogP contribution in [0.5, 0.6) is 5.75 Å². The zero-order valence-corrected chi connectivity index (χ0v) is 11.5. The number of benzene rings is 1. The molecule has 0 saturated carbocycles. The molecule has 0 spiro atoms. The minimum atomic E-state index is 0.0510. The molecular formula is C14H20ClNO. The summed E-state index contributed by atoms with van der Waals surface area (Å²) in [6.45, 7) is 4.54. The molecule has 0 aliphatic heterocycles. The Morgan fingerprint density at radius 3 is 2.76 bits per heavy atom. The molecule has 1 unspecified atom stereocenters. The van der Waals surface area contributed by atoms with Crippen molar-refractivity contribution in [3.63, 3.8) is 0 Å². The Hall–Kier alpha value is -0.730. The third-order valence-corrected chi connectivity index (χ3v) is 4.00. The van der Waals surface area contributed by atoms with Crippen LogP contribution in [0.2, 0.25) is 5.02 Å². The lowest BCUT2D eigenvalue weighted by Gasteiger charge is -2.24. The molecule has 94 valence electrons. The van der Waals surface area contributed by atoms with E-state index in [1.165, 1.54) is 5.56 Å². The SMILES string of the molecule is COc1cc(Cl)c2c(c1)C(N)CC(C)(C)CC2. The summed E-state index contributed by atoms with van der Waals surface area (Å²) in [5, 5.41) is 0.785. The van der Waals surface area contributed by atoms with E-state index >= 15 is 0 Å². The second kappa shape index (κ2) is 4.51. The van der Waals surface area contributed by atoms with Crippen molar-refractivity contribution in [2.24, 2.45) is 11.1 Å². The molecule has 2 nitrogen and oxygen atoms in total. The third-order valence-electron chi connectivity index (χ3n) is 3.66. The molecule has 3 heteroatoms. The van der Waals surface area contributed by atoms with Crippen LogP contribution in [0.15, 0.2) is 12.1 Å². The van der Waals surface area contributed by atoms with Gasteiger partial charge >= 0.3 is 0 Å². The second-order valence-electron chi connectivity index (χ2n) is 5.65. The van der Waals surface area contributed by atoms with E-state index in [4.69, 9.17) is 22.1 Å². The van der Waals surface area contributed by atoms with E-state index < -0.39 is 0 Å². The average Bonchev–Trinajstić information content (AvgIpc) is 2.36. The first kappa shape index (κ1) is 12.7. The standard InChI is InChI=1S/C14H20ClNO/c1-14(2)5-4-10-11(13(16)8-14)6-9(17-3)7-12(10)15/h6-7,13H,4-5,8,16H2,1-3H3. The monoisotopic (exact) mass is 253 g/mol. The molecule has 0 saturated heterocycles. The molecule has 1 aromatic rings. The summed E-state index contributed by atoms with van der Waals surface area (Å²) in [6.07, 6.45) is 3.11. The van der Waals surface area contributed by atoms with E-state index in [-0.39, 0.29) is 11.5 Å². The molecule has 1 aromatic carbocycles. The molecule has 0 fully saturated rings. The van der Waals surface area contributed by atoms with Gasteiger partial charge in [-0.05, 0) is 47.9 Å². The van der Waals surface area contributed by atoms with Crippen molar-refractivity contribution in [1.29, 1.82) is 0 Å². The fourth-order valence-electron chi connectivity index (χ4n) is 2.62. The van der Waals surface area contributed by atoms with Crippen LogP contribution in [0.25, 0.3) is 0 Å². The van der Waals surface area contributed by atoms with Gasteiger partial charge in [0.25, 0.3) is 0 Å². The van der Waals surface area contributed by atoms with Crippen molar-refractivity contribution < 1.29 is 4.74 Å². The van der Waals surface area contributed by atoms with Crippen LogP contribution in [0.4, 0.5) is 0 Å². The van der Waals surface area contributed by atoms with Gasteiger partial charge in [-0.15, -0.1) is 0 Å². The largest absolute Gasteiger partial charge is 0.497 e. The minimum Gasteiger partial charge on any atom is -0.497 e. The van der Waals surface area contributed by atoms with Gasteiger partial charge in [-0.2, -0.15) is 0 Å². The zero-order chi connectivity index (χ0) is 12.6. The molecule has 1 aliphatic carbocycles. The van der Waals surface area contributed by atoms with Crippen molar-refractivity contribution in [2.75, 3.05) is 7.11 Å². The van der Waals surface area contributed by atoms with Crippen molar-refractivity contribution in [2.45, 2.75) is 39.2 Å². The number of nitrogens with two attached hydrogens (primary N) is 1. The van der Waals surface area contributed by atoms with Crippen LogP contribution < -0.4 is 10.5 Å². The predicted octanol–water partition coefficient (Wildman–Crippen LogP) is 3.71. The molecule has 0 heterocycles. The van der Waals surface area contributed by atoms with Crippen LogP contribution in [0.3, 0.4) is 0 Å². The molecule has 17 heavy (non-hydrogen) atoms. The van der Waals surface area contributed by atoms with Crippen LogP contribution >= 0.6 is 11.6 Å². The first-order valence-electron chi connectivity index (χ1n) is 6.05. The van der Waals surface area contributed by atoms with E-state index in [1.54, 1.807) is 7.11 Å². The van der Waals surface area contributed by atoms with Gasteiger partial charge in [0.05, 0.1) is 7.11 Å². The Morgan fingerprint density at radius 2 is 2.12 bits per heavy atom. The molecule has 2 N–H and O–H groups in total. The Labute approximate surface area is 108 Å². The van der Waals surface area contributed by atoms with Gasteiger partial charge in [-0.3, -0.25) is 0 Å². The smallest absolute Gasteiger partial charge is 0.120 e. The van der Waals surface area contributed by atoms with E-state index in [2.05, 4.69) is 13.8 Å². The van der Waals surface area contributed by atoms with E-state index in [0.717, 1.165) is 35.6 Å². The molecular weight excluding hydrogens is 234 g/mol. The summed E-state index contributed by atoms with van der Waals surface area (Å²) in [5.74, 6) is 0.795. The first-order chi connectivity index (χ1) is 7.93. The van der Waals surface area contributed by atoms with Crippen molar-refractivity contribution >= 4 is 11.6 Å². The summed E-state index contributed by atoms with van der Waals surface area (Å²) in [4.78, 5) is 0. The lowest BCUT2D eigenvalue weighted by molar-refractivity contribution is 0.293. The molecule has 0 bridgehead atoms. The third kappa shape index (κ3) is 2.58. The molecule has 2 rings (SSSR count). The highest BCUT2D eigenvalue weighted by Gasteiger charge is 2.29. The van der Waals surface area contributed by atoms with Gasteiger partial charge in [0.15, 0.2) is 0 Å². The fraction of sp³-hybridized carbons (Fsp3) is 0.571. The lowest BCUT2D eigenvalue weighted by atomic mass is 9.83. The van der Waals surface area contributed by atoms with Crippen molar-refractivity contribution in [3.05, 3.63) is 28.3 Å². The number of hydrogen-bond acceptors (Lipinski definition) is 2. The minimum absolute atomic E-state index is 0.0510. The highest BCUT2D eigenvalue weighted by atomic mass is 35.5. The maximum atomic E-state index is 6.32. The van der Waals surface area contributed by atoms with Crippen LogP contribution in [-0.2, 0) is 6.42 Å². The maximum absolute atomic E-state index is 6.32. The summed E-state index contributed by atoms with van der Waals surface area (Å²) >= 11 is 6.32. The van der Waals surface area contributed by atoms with Crippen LogP contribution in [-0.4, -0.2) is 7.11 Å². The number of rotatable bonds is 1. The lowest BCUT2D eigenvalue weighted by Crippen LogP contribution is -2.19. The zero-order valence-electron chi connectivity index (χ0n) is 10.7. The van der Waals surface area contributed by atoms with E-state index in [9.17, 15) is 0 Å². The summed E-state index contributed by atoms with van der Waals surface area (Å²) < 4.78 is 5.26. The maximum Gasteiger partial charge on any atom is 0.120 e. The molecule has 0 aromatic heterocycles. The highest BCUT2D eigenvalue weighted by Crippen LogP contribution is 2.41. The Morgan fingerprint density at radius 1 is 1.41 bits per heavy atom. The Kier molecular flexibility index (Phi) is 3.37. The quantitative estimate of drug-likeness (QED) is 0.775. The first-order valence-corrected chi connectivity index (χ1v) is 6.42. The predicted molar refractivity (Wildman–Crippen MR) is 71.7 cm³/mol. The normalized spacial score (nSPS) is 22.8. The van der Waals surface area contributed by atoms with Gasteiger partial charge in [-0.25, -0.2) is 0 Å². The van der Waals surface area contributed by atoms with Gasteiger partial charge in [0, 0.05) is 11.1 Å². The van der Waals surface area contributed by atoms with Gasteiger partial charge in [0.1, 0.15) is 5.75 Å². The Balaban J connectivity index is 2.47. The van der Waals surface area contributed by atoms with E-state index in [1.807, 2.05) is 12.1 Å². The Bertz CT molecular complexity index is 428. The van der Waals surface area contributed by atoms with Crippen molar-refractivity contribution in [1.82, 2.24) is 0 Å². The van der Waals surface area contributed by atoms with E-state index in [0.29, 0.717) is 0 Å². The van der Waals surface area contributed by atoms with Crippen molar-refractivity contribution in [3.8, 4) is 5.75 Å². The van der Waals surface area contributed by atoms with Crippen LogP contribution in [0, 0.1) is 5.41 Å². The summed E-state index contributed by atoms with van der Waals surface area (Å²) in [7, 11) is 1.66. The summed E-state index contributed by atoms with van der Waals surface area (Å²) in [6, 6.07) is 3.97. The molecule has 1 aliphatic rings. The van der Waals surface area contributed by atoms with Gasteiger partial charge < -0.3 is 10.5 Å². The van der Waals surface area contributed by atoms with Gasteiger partial charge in [-0.1, -0.05) is 25.4 Å². The number of ether oxygens (including phenoxy) is 1. The van der Waals surface area contributed by atoms with Crippen LogP contribution in [0.1, 0.15) is 43.9 Å². The molecule has 1 atom stereocenters. The number of methoxy groups -OCH3 is 1. The molecule has 0 radical (unpaired) electrons.